The number of nitrogens with one attached hydrogen (secondary N) is 1. The van der Waals surface area contributed by atoms with Gasteiger partial charge in [0, 0.05) is 13.1 Å². The van der Waals surface area contributed by atoms with Crippen LogP contribution in [0.4, 0.5) is 5.69 Å². The maximum atomic E-state index is 5.52. The van der Waals surface area contributed by atoms with Crippen LogP contribution in [0.3, 0.4) is 0 Å². The van der Waals surface area contributed by atoms with E-state index >= 15 is 0 Å². The molecule has 3 N–H and O–H groups in total. The van der Waals surface area contributed by atoms with Crippen LogP contribution in [-0.2, 0) is 0 Å². The van der Waals surface area contributed by atoms with Crippen molar-refractivity contribution in [2.45, 2.75) is 13.8 Å². The smallest absolute Gasteiger partial charge is 0.163 e. The Hall–Kier alpha value is -2.14. The van der Waals surface area contributed by atoms with Crippen LogP contribution in [0.2, 0.25) is 0 Å². The lowest BCUT2D eigenvalue weighted by atomic mass is 10.1. The topological polar surface area (TPSA) is 73.1 Å². The molecule has 1 heterocycles. The van der Waals surface area contributed by atoms with E-state index in [2.05, 4.69) is 15.3 Å². The molecule has 0 aliphatic heterocycles. The Bertz CT molecular complexity index is 575. The molecule has 2 aromatic rings. The number of aromatic nitrogens is 2. The van der Waals surface area contributed by atoms with Crippen molar-refractivity contribution in [3.63, 3.8) is 0 Å². The minimum atomic E-state index is 0.577. The number of nitrogens with two attached hydrogens (primary N) is 1. The van der Waals surface area contributed by atoms with Crippen LogP contribution in [0.15, 0.2) is 24.3 Å². The molecule has 0 atom stereocenters. The summed E-state index contributed by atoms with van der Waals surface area (Å²) in [7, 11) is 1.65. The molecule has 0 saturated heterocycles. The molecule has 0 fully saturated rings. The molecular weight excluding hydrogens is 252 g/mol. The predicted octanol–water partition coefficient (Wildman–Crippen LogP) is 2.14. The van der Waals surface area contributed by atoms with Crippen molar-refractivity contribution in [3.8, 4) is 17.1 Å². The summed E-state index contributed by atoms with van der Waals surface area (Å²) in [5.41, 5.74) is 9.18. The fraction of sp³-hybridized carbons (Fsp3) is 0.333. The maximum absolute atomic E-state index is 5.52. The van der Waals surface area contributed by atoms with Gasteiger partial charge in [-0.05, 0) is 26.0 Å². The fourth-order valence-electron chi connectivity index (χ4n) is 2.12. The van der Waals surface area contributed by atoms with Crippen molar-refractivity contribution in [2.24, 2.45) is 5.73 Å². The molecule has 0 radical (unpaired) electrons. The second kappa shape index (κ2) is 6.34. The number of hydrogen-bond acceptors (Lipinski definition) is 5. The van der Waals surface area contributed by atoms with Crippen LogP contribution in [0.25, 0.3) is 11.4 Å². The lowest BCUT2D eigenvalue weighted by Gasteiger charge is -2.13. The third-order valence-corrected chi connectivity index (χ3v) is 3.06. The van der Waals surface area contributed by atoms with E-state index in [0.29, 0.717) is 18.9 Å². The fourth-order valence-corrected chi connectivity index (χ4v) is 2.12. The summed E-state index contributed by atoms with van der Waals surface area (Å²) < 4.78 is 5.36. The number of methoxy groups -OCH3 is 1. The van der Waals surface area contributed by atoms with E-state index in [1.165, 1.54) is 0 Å². The zero-order chi connectivity index (χ0) is 14.5. The molecule has 0 amide bonds. The zero-order valence-electron chi connectivity index (χ0n) is 12.1. The third-order valence-electron chi connectivity index (χ3n) is 3.06. The van der Waals surface area contributed by atoms with Gasteiger partial charge in [0.15, 0.2) is 5.82 Å². The lowest BCUT2D eigenvalue weighted by Crippen LogP contribution is -2.15. The van der Waals surface area contributed by atoms with Crippen molar-refractivity contribution in [3.05, 3.63) is 35.7 Å². The van der Waals surface area contributed by atoms with Gasteiger partial charge < -0.3 is 15.8 Å². The molecule has 106 valence electrons. The van der Waals surface area contributed by atoms with E-state index in [1.54, 1.807) is 7.11 Å². The minimum absolute atomic E-state index is 0.577. The van der Waals surface area contributed by atoms with E-state index in [1.807, 2.05) is 38.1 Å². The molecule has 0 saturated carbocycles. The van der Waals surface area contributed by atoms with Crippen LogP contribution < -0.4 is 15.8 Å². The molecule has 2 rings (SSSR count). The number of ether oxygens (including phenoxy) is 1. The van der Waals surface area contributed by atoms with Gasteiger partial charge in [-0.1, -0.05) is 12.1 Å². The van der Waals surface area contributed by atoms with Gasteiger partial charge in [0.25, 0.3) is 0 Å². The third kappa shape index (κ3) is 2.88. The molecule has 1 aromatic carbocycles. The zero-order valence-corrected chi connectivity index (χ0v) is 12.1. The van der Waals surface area contributed by atoms with Crippen LogP contribution in [0.5, 0.6) is 5.75 Å². The quantitative estimate of drug-likeness (QED) is 0.872. The Balaban J connectivity index is 2.44. The average Bonchev–Trinajstić information content (AvgIpc) is 2.46. The Kier molecular flexibility index (Phi) is 4.53. The number of nitrogens with zero attached hydrogens (tertiary/aromatic N) is 2. The number of aryl methyl sites for hydroxylation is 2. The summed E-state index contributed by atoms with van der Waals surface area (Å²) >= 11 is 0. The average molecular weight is 272 g/mol. The van der Waals surface area contributed by atoms with E-state index < -0.39 is 0 Å². The predicted molar refractivity (Wildman–Crippen MR) is 81.0 cm³/mol. The van der Waals surface area contributed by atoms with Gasteiger partial charge in [-0.25, -0.2) is 9.97 Å². The highest BCUT2D eigenvalue weighted by molar-refractivity contribution is 5.66. The monoisotopic (exact) mass is 272 g/mol. The molecule has 0 aliphatic rings. The SMILES string of the molecule is COc1ccccc1-c1nc(C)c(NCCN)c(C)n1. The maximum Gasteiger partial charge on any atom is 0.163 e. The molecular formula is C15H20N4O. The lowest BCUT2D eigenvalue weighted by molar-refractivity contribution is 0.416. The van der Waals surface area contributed by atoms with E-state index in [4.69, 9.17) is 10.5 Å². The van der Waals surface area contributed by atoms with Crippen LogP contribution in [0.1, 0.15) is 11.4 Å². The second-order valence-electron chi connectivity index (χ2n) is 4.51. The molecule has 20 heavy (non-hydrogen) atoms. The molecule has 0 bridgehead atoms. The highest BCUT2D eigenvalue weighted by Gasteiger charge is 2.12. The first-order chi connectivity index (χ1) is 9.67. The molecule has 5 heteroatoms. The normalized spacial score (nSPS) is 10.4. The van der Waals surface area contributed by atoms with Crippen LogP contribution in [0, 0.1) is 13.8 Å². The number of anilines is 1. The molecule has 0 unspecified atom stereocenters. The van der Waals surface area contributed by atoms with Crippen LogP contribution >= 0.6 is 0 Å². The number of benzene rings is 1. The summed E-state index contributed by atoms with van der Waals surface area (Å²) in [5, 5.41) is 3.26. The van der Waals surface area contributed by atoms with Crippen molar-refractivity contribution >= 4 is 5.69 Å². The molecule has 0 spiro atoms. The summed E-state index contributed by atoms with van der Waals surface area (Å²) in [6.45, 7) is 5.21. The van der Waals surface area contributed by atoms with E-state index in [9.17, 15) is 0 Å². The Morgan fingerprint density at radius 1 is 1.15 bits per heavy atom. The first-order valence-corrected chi connectivity index (χ1v) is 6.60. The van der Waals surface area contributed by atoms with Gasteiger partial charge in [-0.15, -0.1) is 0 Å². The van der Waals surface area contributed by atoms with Crippen LogP contribution in [-0.4, -0.2) is 30.2 Å². The number of para-hydroxylation sites is 1. The van der Waals surface area contributed by atoms with Gasteiger partial charge in [0.2, 0.25) is 0 Å². The largest absolute Gasteiger partial charge is 0.496 e. The van der Waals surface area contributed by atoms with Gasteiger partial charge in [-0.3, -0.25) is 0 Å². The van der Waals surface area contributed by atoms with Gasteiger partial charge in [0.05, 0.1) is 29.7 Å². The van der Waals surface area contributed by atoms with Gasteiger partial charge in [-0.2, -0.15) is 0 Å². The number of rotatable bonds is 5. The Morgan fingerprint density at radius 3 is 2.40 bits per heavy atom. The van der Waals surface area contributed by atoms with Crippen molar-refractivity contribution in [1.82, 2.24) is 9.97 Å². The van der Waals surface area contributed by atoms with Crippen molar-refractivity contribution in [2.75, 3.05) is 25.5 Å². The van der Waals surface area contributed by atoms with E-state index in [-0.39, 0.29) is 0 Å². The summed E-state index contributed by atoms with van der Waals surface area (Å²) in [5.74, 6) is 1.45. The van der Waals surface area contributed by atoms with Gasteiger partial charge >= 0.3 is 0 Å². The highest BCUT2D eigenvalue weighted by Crippen LogP contribution is 2.29. The second-order valence-corrected chi connectivity index (χ2v) is 4.51. The number of hydrogen-bond donors (Lipinski definition) is 2. The van der Waals surface area contributed by atoms with Crippen molar-refractivity contribution < 1.29 is 4.74 Å². The summed E-state index contributed by atoms with van der Waals surface area (Å²) in [4.78, 5) is 9.14. The first kappa shape index (κ1) is 14.3. The van der Waals surface area contributed by atoms with Crippen molar-refractivity contribution in [1.29, 1.82) is 0 Å². The summed E-state index contributed by atoms with van der Waals surface area (Å²) in [6.07, 6.45) is 0. The highest BCUT2D eigenvalue weighted by atomic mass is 16.5. The van der Waals surface area contributed by atoms with Gasteiger partial charge in [0.1, 0.15) is 5.75 Å². The summed E-state index contributed by atoms with van der Waals surface area (Å²) in [6, 6.07) is 7.75. The standard InChI is InChI=1S/C15H20N4O/c1-10-14(17-9-8-16)11(2)19-15(18-10)12-6-4-5-7-13(12)20-3/h4-7,17H,8-9,16H2,1-3H3. The Labute approximate surface area is 119 Å². The van der Waals surface area contributed by atoms with E-state index in [0.717, 1.165) is 28.4 Å². The first-order valence-electron chi connectivity index (χ1n) is 6.60. The molecule has 5 nitrogen and oxygen atoms in total. The minimum Gasteiger partial charge on any atom is -0.496 e. The Morgan fingerprint density at radius 2 is 1.80 bits per heavy atom. The molecule has 1 aromatic heterocycles. The molecule has 0 aliphatic carbocycles.